The summed E-state index contributed by atoms with van der Waals surface area (Å²) in [4.78, 5) is 19.9. The molecule has 2 aliphatic rings. The number of para-hydroxylation sites is 1. The van der Waals surface area contributed by atoms with Crippen LogP contribution in [0.25, 0.3) is 11.3 Å². The molecule has 4 aromatic rings. The molecule has 1 atom stereocenters. The standard InChI is InChI=1S/C31H30N6O/c1-21-18-29(35(3)33-21)22-12-13-27(23(19-22)20-32)36-14-16-37(17-15-36)30-24-8-4-5-9-25(24)31(38)34(2)28-11-7-6-10-26(28)30/h4-13,18-19,30H,14-17H2,1-3H3. The molecule has 6 rings (SSSR count). The fraction of sp³-hybridized carbons (Fsp3) is 0.258. The minimum Gasteiger partial charge on any atom is -0.368 e. The van der Waals surface area contributed by atoms with Gasteiger partial charge in [-0.2, -0.15) is 10.4 Å². The predicted molar refractivity (Wildman–Crippen MR) is 149 cm³/mol. The lowest BCUT2D eigenvalue weighted by molar-refractivity contribution is 0.0992. The van der Waals surface area contributed by atoms with E-state index in [9.17, 15) is 10.1 Å². The van der Waals surface area contributed by atoms with Gasteiger partial charge in [0.1, 0.15) is 6.07 Å². The van der Waals surface area contributed by atoms with Crippen LogP contribution in [-0.2, 0) is 7.05 Å². The number of fused-ring (bicyclic) bond motifs is 2. The van der Waals surface area contributed by atoms with E-state index in [0.29, 0.717) is 5.56 Å². The number of piperazine rings is 1. The van der Waals surface area contributed by atoms with Gasteiger partial charge in [-0.25, -0.2) is 0 Å². The van der Waals surface area contributed by atoms with Crippen LogP contribution in [0.4, 0.5) is 11.4 Å². The molecule has 0 bridgehead atoms. The quantitative estimate of drug-likeness (QED) is 0.404. The molecule has 1 saturated heterocycles. The molecule has 190 valence electrons. The van der Waals surface area contributed by atoms with Gasteiger partial charge in [0.15, 0.2) is 0 Å². The second-order valence-electron chi connectivity index (χ2n) is 10.1. The number of aromatic nitrogens is 2. The van der Waals surface area contributed by atoms with Crippen LogP contribution in [0.5, 0.6) is 0 Å². The van der Waals surface area contributed by atoms with Crippen molar-refractivity contribution in [2.75, 3.05) is 43.0 Å². The Morgan fingerprint density at radius 3 is 2.29 bits per heavy atom. The molecule has 1 aromatic heterocycles. The molecule has 0 N–H and O–H groups in total. The summed E-state index contributed by atoms with van der Waals surface area (Å²) in [5.74, 6) is 0.0246. The fourth-order valence-corrected chi connectivity index (χ4v) is 5.97. The first-order valence-electron chi connectivity index (χ1n) is 13.0. The van der Waals surface area contributed by atoms with Gasteiger partial charge in [-0.1, -0.05) is 42.5 Å². The number of rotatable bonds is 3. The minimum atomic E-state index is -0.00987. The smallest absolute Gasteiger partial charge is 0.258 e. The molecule has 7 nitrogen and oxygen atoms in total. The van der Waals surface area contributed by atoms with Gasteiger partial charge in [0.05, 0.1) is 28.7 Å². The Morgan fingerprint density at radius 2 is 1.58 bits per heavy atom. The zero-order valence-corrected chi connectivity index (χ0v) is 21.9. The van der Waals surface area contributed by atoms with Gasteiger partial charge < -0.3 is 9.80 Å². The van der Waals surface area contributed by atoms with Crippen molar-refractivity contribution in [1.29, 1.82) is 5.26 Å². The number of nitrogens with zero attached hydrogens (tertiary/aromatic N) is 6. The molecular weight excluding hydrogens is 472 g/mol. The number of nitriles is 1. The van der Waals surface area contributed by atoms with Crippen molar-refractivity contribution in [3.8, 4) is 17.3 Å². The van der Waals surface area contributed by atoms with Crippen molar-refractivity contribution in [3.63, 3.8) is 0 Å². The largest absolute Gasteiger partial charge is 0.368 e. The molecule has 1 fully saturated rings. The van der Waals surface area contributed by atoms with Crippen molar-refractivity contribution in [2.45, 2.75) is 13.0 Å². The van der Waals surface area contributed by atoms with Gasteiger partial charge in [-0.05, 0) is 48.4 Å². The van der Waals surface area contributed by atoms with Gasteiger partial charge in [0, 0.05) is 57.1 Å². The molecule has 38 heavy (non-hydrogen) atoms. The maximum atomic E-state index is 13.4. The summed E-state index contributed by atoms with van der Waals surface area (Å²) in [6, 6.07) is 26.8. The van der Waals surface area contributed by atoms with E-state index in [1.54, 1.807) is 4.90 Å². The Labute approximate surface area is 223 Å². The third-order valence-corrected chi connectivity index (χ3v) is 7.82. The molecule has 7 heteroatoms. The van der Waals surface area contributed by atoms with E-state index in [1.807, 2.05) is 68.2 Å². The number of hydrogen-bond donors (Lipinski definition) is 0. The van der Waals surface area contributed by atoms with E-state index in [1.165, 1.54) is 0 Å². The van der Waals surface area contributed by atoms with Gasteiger partial charge >= 0.3 is 0 Å². The first kappa shape index (κ1) is 24.0. The average Bonchev–Trinajstić information content (AvgIpc) is 3.26. The number of carbonyl (C=O) groups excluding carboxylic acids is 1. The van der Waals surface area contributed by atoms with E-state index in [0.717, 1.165) is 71.2 Å². The first-order chi connectivity index (χ1) is 18.5. The maximum Gasteiger partial charge on any atom is 0.258 e. The van der Waals surface area contributed by atoms with Gasteiger partial charge in [-0.3, -0.25) is 14.4 Å². The Morgan fingerprint density at radius 1 is 0.868 bits per heavy atom. The highest BCUT2D eigenvalue weighted by molar-refractivity contribution is 6.08. The fourth-order valence-electron chi connectivity index (χ4n) is 5.97. The predicted octanol–water partition coefficient (Wildman–Crippen LogP) is 4.77. The lowest BCUT2D eigenvalue weighted by Gasteiger charge is -2.41. The van der Waals surface area contributed by atoms with Crippen LogP contribution in [0.2, 0.25) is 0 Å². The summed E-state index contributed by atoms with van der Waals surface area (Å²) < 4.78 is 1.86. The lowest BCUT2D eigenvalue weighted by Crippen LogP contribution is -2.48. The number of carbonyl (C=O) groups is 1. The van der Waals surface area contributed by atoms with Gasteiger partial charge in [0.25, 0.3) is 5.91 Å². The highest BCUT2D eigenvalue weighted by atomic mass is 16.2. The number of hydrogen-bond acceptors (Lipinski definition) is 5. The molecule has 3 heterocycles. The lowest BCUT2D eigenvalue weighted by atomic mass is 9.93. The third kappa shape index (κ3) is 3.94. The van der Waals surface area contributed by atoms with E-state index in [2.05, 4.69) is 51.3 Å². The maximum absolute atomic E-state index is 13.4. The van der Waals surface area contributed by atoms with E-state index >= 15 is 0 Å². The summed E-state index contributed by atoms with van der Waals surface area (Å²) >= 11 is 0. The third-order valence-electron chi connectivity index (χ3n) is 7.82. The highest BCUT2D eigenvalue weighted by Gasteiger charge is 2.35. The van der Waals surface area contributed by atoms with Crippen LogP contribution in [0, 0.1) is 18.3 Å². The van der Waals surface area contributed by atoms with Crippen LogP contribution in [-0.4, -0.2) is 53.8 Å². The monoisotopic (exact) mass is 502 g/mol. The Hall–Kier alpha value is -4.41. The summed E-state index contributed by atoms with van der Waals surface area (Å²) in [5.41, 5.74) is 8.49. The molecule has 0 saturated carbocycles. The first-order valence-corrected chi connectivity index (χ1v) is 13.0. The zero-order valence-electron chi connectivity index (χ0n) is 21.9. The summed E-state index contributed by atoms with van der Waals surface area (Å²) in [6.45, 7) is 5.20. The normalized spacial score (nSPS) is 17.5. The topological polar surface area (TPSA) is 68.4 Å². The molecule has 0 radical (unpaired) electrons. The van der Waals surface area contributed by atoms with Crippen molar-refractivity contribution in [2.24, 2.45) is 7.05 Å². The molecule has 1 amide bonds. The van der Waals surface area contributed by atoms with Gasteiger partial charge in [0.2, 0.25) is 0 Å². The summed E-state index contributed by atoms with van der Waals surface area (Å²) in [5, 5.41) is 14.5. The Bertz CT molecular complexity index is 1570. The second-order valence-corrected chi connectivity index (χ2v) is 10.1. The molecule has 0 spiro atoms. The van der Waals surface area contributed by atoms with Crippen LogP contribution in [0.3, 0.4) is 0 Å². The van der Waals surface area contributed by atoms with Crippen molar-refractivity contribution >= 4 is 17.3 Å². The van der Waals surface area contributed by atoms with Crippen molar-refractivity contribution in [3.05, 3.63) is 101 Å². The molecule has 3 aromatic carbocycles. The SMILES string of the molecule is Cc1cc(-c2ccc(N3CCN(C4c5ccccc5C(=O)N(C)c5ccccc54)CC3)c(C#N)c2)n(C)n1. The molecule has 0 aliphatic carbocycles. The summed E-state index contributed by atoms with van der Waals surface area (Å²) in [6.07, 6.45) is 0. The Balaban J connectivity index is 1.30. The second kappa shape index (κ2) is 9.47. The Kier molecular flexibility index (Phi) is 5.97. The zero-order chi connectivity index (χ0) is 26.4. The van der Waals surface area contributed by atoms with E-state index in [-0.39, 0.29) is 11.9 Å². The number of anilines is 2. The van der Waals surface area contributed by atoms with E-state index < -0.39 is 0 Å². The molecular formula is C31H30N6O. The van der Waals surface area contributed by atoms with Crippen LogP contribution < -0.4 is 9.80 Å². The van der Waals surface area contributed by atoms with Crippen molar-refractivity contribution in [1.82, 2.24) is 14.7 Å². The molecule has 2 aliphatic heterocycles. The highest BCUT2D eigenvalue weighted by Crippen LogP contribution is 2.40. The van der Waals surface area contributed by atoms with E-state index in [4.69, 9.17) is 0 Å². The molecule has 1 unspecified atom stereocenters. The average molecular weight is 503 g/mol. The van der Waals surface area contributed by atoms with Crippen molar-refractivity contribution < 1.29 is 4.79 Å². The number of aryl methyl sites for hydroxylation is 2. The van der Waals surface area contributed by atoms with Crippen LogP contribution in [0.1, 0.15) is 38.8 Å². The number of amides is 1. The number of benzene rings is 3. The minimum absolute atomic E-state index is 0.00987. The van der Waals surface area contributed by atoms with Gasteiger partial charge in [-0.15, -0.1) is 0 Å². The van der Waals surface area contributed by atoms with Crippen LogP contribution >= 0.6 is 0 Å². The summed E-state index contributed by atoms with van der Waals surface area (Å²) in [7, 11) is 3.79. The van der Waals surface area contributed by atoms with Crippen LogP contribution in [0.15, 0.2) is 72.8 Å².